The van der Waals surface area contributed by atoms with Gasteiger partial charge >= 0.3 is 219 Å². The standard InChI is InChI=1S/2C16H13.2CH3.2ClH.H2Si.Ti/c2*1-12-10-14-8-5-9-15(16(14)11-12)13-6-3-2-4-7-13;;;;;;/h2*2-11H,1H3;2*1H3;2*1H;1H2;/q;;;;;;;+2/p-2. The summed E-state index contributed by atoms with van der Waals surface area (Å²) in [7, 11) is 2.40. The maximum Gasteiger partial charge on any atom is -1.00 e. The molecule has 2 atom stereocenters. The summed E-state index contributed by atoms with van der Waals surface area (Å²) < 4.78 is 1.05. The Hall–Kier alpha value is -2.13. The van der Waals surface area contributed by atoms with Crippen LogP contribution in [-0.4, -0.2) is 7.63 Å². The number of rotatable bonds is 4. The normalized spacial score (nSPS) is 17.3. The molecule has 4 aromatic carbocycles. The molecular weight excluding hydrogens is 555 g/mol. The summed E-state index contributed by atoms with van der Waals surface area (Å²) in [5, 5.41) is 5.41. The van der Waals surface area contributed by atoms with Gasteiger partial charge in [-0.15, -0.1) is 0 Å². The van der Waals surface area contributed by atoms with Crippen molar-refractivity contribution in [2.75, 3.05) is 0 Å². The zero-order valence-electron chi connectivity index (χ0n) is 22.5. The first-order valence-electron chi connectivity index (χ1n) is 13.0. The van der Waals surface area contributed by atoms with Gasteiger partial charge in [-0.2, -0.15) is 0 Å². The van der Waals surface area contributed by atoms with Gasteiger partial charge in [-0.3, -0.25) is 0 Å². The van der Waals surface area contributed by atoms with Gasteiger partial charge in [0.05, 0.1) is 0 Å². The monoisotopic (exact) mass is 588 g/mol. The Kier molecular flexibility index (Phi) is 7.94. The molecule has 2 aliphatic carbocycles. The molecule has 0 heterocycles. The van der Waals surface area contributed by atoms with Crippen LogP contribution in [0.2, 0.25) is 10.5 Å². The van der Waals surface area contributed by atoms with Crippen molar-refractivity contribution in [3.63, 3.8) is 0 Å². The molecule has 0 aromatic heterocycles. The number of allylic oxidation sites excluding steroid dienone is 2. The van der Waals surface area contributed by atoms with Crippen LogP contribution in [0.1, 0.15) is 44.5 Å². The minimum Gasteiger partial charge on any atom is -1.00 e. The molecule has 4 heteroatoms. The largest absolute Gasteiger partial charge is 1.00 e. The van der Waals surface area contributed by atoms with E-state index in [0.717, 1.165) is 0 Å². The van der Waals surface area contributed by atoms with E-state index in [2.05, 4.69) is 141 Å². The van der Waals surface area contributed by atoms with Crippen LogP contribution in [0.15, 0.2) is 108 Å². The number of benzene rings is 4. The van der Waals surface area contributed by atoms with Crippen molar-refractivity contribution >= 4 is 19.8 Å². The molecule has 0 N–H and O–H groups in total. The number of hydrogen-bond donors (Lipinski definition) is 0. The zero-order valence-corrected chi connectivity index (χ0v) is 27.0. The molecule has 0 spiro atoms. The summed E-state index contributed by atoms with van der Waals surface area (Å²) in [6, 6.07) is 35.8. The van der Waals surface area contributed by atoms with Gasteiger partial charge in [-0.1, -0.05) is 0 Å². The molecule has 0 saturated heterocycles. The predicted octanol–water partition coefficient (Wildman–Crippen LogP) is 2.98. The molecular formula is C34H34Cl2SiTi. The van der Waals surface area contributed by atoms with Crippen LogP contribution in [0, 0.1) is 0 Å². The first-order valence-corrected chi connectivity index (χ1v) is 22.0. The summed E-state index contributed by atoms with van der Waals surface area (Å²) in [6.45, 7) is 4.77. The van der Waals surface area contributed by atoms with E-state index in [0.29, 0.717) is 8.45 Å². The smallest absolute Gasteiger partial charge is 1.00 e. The van der Waals surface area contributed by atoms with Gasteiger partial charge in [0.25, 0.3) is 0 Å². The van der Waals surface area contributed by atoms with Crippen molar-refractivity contribution in [2.45, 2.75) is 32.7 Å². The summed E-state index contributed by atoms with van der Waals surface area (Å²) in [5.74, 6) is 0. The Balaban J connectivity index is 0.00000168. The molecule has 0 amide bonds. The Morgan fingerprint density at radius 3 is 1.26 bits per heavy atom. The molecule has 38 heavy (non-hydrogen) atoms. The maximum atomic E-state index is 2.70. The molecule has 0 fully saturated rings. The third kappa shape index (κ3) is 4.53. The summed E-state index contributed by atoms with van der Waals surface area (Å²) >= 11 is -3.22. The van der Waals surface area contributed by atoms with Crippen LogP contribution in [0.5, 0.6) is 0 Å². The minimum atomic E-state index is -3.22. The van der Waals surface area contributed by atoms with Gasteiger partial charge in [0.2, 0.25) is 0 Å². The molecule has 2 aliphatic rings. The van der Waals surface area contributed by atoms with Gasteiger partial charge in [0, 0.05) is 0 Å². The molecule has 0 bridgehead atoms. The molecule has 0 radical (unpaired) electrons. The van der Waals surface area contributed by atoms with Gasteiger partial charge in [0.15, 0.2) is 0 Å². The van der Waals surface area contributed by atoms with E-state index in [1.165, 1.54) is 33.4 Å². The molecule has 4 aromatic rings. The Labute approximate surface area is 242 Å². The molecule has 0 nitrogen and oxygen atoms in total. The van der Waals surface area contributed by atoms with Gasteiger partial charge in [0.1, 0.15) is 0 Å². The van der Waals surface area contributed by atoms with Crippen molar-refractivity contribution in [3.8, 4) is 22.3 Å². The van der Waals surface area contributed by atoms with Crippen molar-refractivity contribution in [1.29, 1.82) is 0 Å². The second-order valence-corrected chi connectivity index (χ2v) is 32.1. The Morgan fingerprint density at radius 1 is 0.526 bits per heavy atom. The second kappa shape index (κ2) is 10.5. The fourth-order valence-electron chi connectivity index (χ4n) is 7.53. The molecule has 2 unspecified atom stereocenters. The van der Waals surface area contributed by atoms with Crippen LogP contribution in [0.4, 0.5) is 0 Å². The van der Waals surface area contributed by atoms with Crippen molar-refractivity contribution in [2.24, 2.45) is 0 Å². The van der Waals surface area contributed by atoms with E-state index >= 15 is 0 Å². The van der Waals surface area contributed by atoms with E-state index < -0.39 is 14.0 Å². The molecule has 0 saturated carbocycles. The predicted molar refractivity (Wildman–Crippen MR) is 157 cm³/mol. The van der Waals surface area contributed by atoms with Crippen molar-refractivity contribution in [3.05, 3.63) is 130 Å². The number of halogens is 2. The van der Waals surface area contributed by atoms with E-state index in [1.807, 2.05) is 0 Å². The Morgan fingerprint density at radius 2 is 0.895 bits per heavy atom. The van der Waals surface area contributed by atoms with Gasteiger partial charge in [-0.05, 0) is 0 Å². The third-order valence-electron chi connectivity index (χ3n) is 8.62. The summed E-state index contributed by atoms with van der Waals surface area (Å²) in [4.78, 5) is 0. The maximum absolute atomic E-state index is 3.22. The quantitative estimate of drug-likeness (QED) is 0.322. The zero-order chi connectivity index (χ0) is 25.1. The first-order chi connectivity index (χ1) is 17.2. The van der Waals surface area contributed by atoms with E-state index in [4.69, 9.17) is 0 Å². The van der Waals surface area contributed by atoms with Crippen LogP contribution in [0.3, 0.4) is 0 Å². The minimum absolute atomic E-state index is 0. The van der Waals surface area contributed by atoms with Crippen LogP contribution in [-0.2, 0) is 14.0 Å². The van der Waals surface area contributed by atoms with Crippen LogP contribution in [0.25, 0.3) is 34.4 Å². The van der Waals surface area contributed by atoms with Crippen LogP contribution < -0.4 is 24.8 Å². The van der Waals surface area contributed by atoms with E-state index in [9.17, 15) is 0 Å². The number of fused-ring (bicyclic) bond motifs is 2. The average molecular weight is 590 g/mol. The SMILES string of the molecule is CC1=Cc2c(-c3ccccc3)cccc2[CH]1[Ti+2]([CH3])([CH3])(=[SiH2])[CH]1C(C)=Cc2c(-c3ccccc3)cccc21.[Cl-].[Cl-]. The fraction of sp³-hybridized carbons (Fsp3) is 0.176. The fourth-order valence-corrected chi connectivity index (χ4v) is 21.4. The van der Waals surface area contributed by atoms with E-state index in [-0.39, 0.29) is 24.8 Å². The number of hydrogen-bond acceptors (Lipinski definition) is 0. The van der Waals surface area contributed by atoms with Crippen LogP contribution >= 0.6 is 0 Å². The Bertz CT molecular complexity index is 1510. The summed E-state index contributed by atoms with van der Waals surface area (Å²) in [6.07, 6.45) is 5.00. The van der Waals surface area contributed by atoms with Gasteiger partial charge in [-0.25, -0.2) is 0 Å². The van der Waals surface area contributed by atoms with Crippen molar-refractivity contribution in [1.82, 2.24) is 0 Å². The third-order valence-corrected chi connectivity index (χ3v) is 20.3. The first kappa shape index (κ1) is 28.9. The van der Waals surface area contributed by atoms with E-state index in [1.54, 1.807) is 22.3 Å². The topological polar surface area (TPSA) is 0 Å². The molecule has 192 valence electrons. The molecule has 6 rings (SSSR count). The molecule has 0 aliphatic heterocycles. The van der Waals surface area contributed by atoms with Gasteiger partial charge < -0.3 is 24.8 Å². The average Bonchev–Trinajstić information content (AvgIpc) is 3.41. The second-order valence-electron chi connectivity index (χ2n) is 11.9. The van der Waals surface area contributed by atoms with Crippen molar-refractivity contribution < 1.29 is 38.9 Å². The summed E-state index contributed by atoms with van der Waals surface area (Å²) in [5.41, 5.74) is 14.4.